The fraction of sp³-hybridized carbons (Fsp3) is 0.571. The number of benzene rings is 1. The third kappa shape index (κ3) is 6.09. The summed E-state index contributed by atoms with van der Waals surface area (Å²) >= 11 is 0. The predicted molar refractivity (Wildman–Crippen MR) is 71.9 cm³/mol. The Bertz CT molecular complexity index is 361. The van der Waals surface area contributed by atoms with Crippen molar-refractivity contribution in [2.75, 3.05) is 13.2 Å². The molecule has 1 aromatic rings. The average Bonchev–Trinajstić information content (AvgIpc) is 2.39. The normalized spacial score (nSPS) is 12.9. The molecule has 0 fully saturated rings. The van der Waals surface area contributed by atoms with E-state index in [1.807, 2.05) is 12.1 Å². The van der Waals surface area contributed by atoms with Crippen LogP contribution in [-0.2, 0) is 11.2 Å². The Morgan fingerprint density at radius 3 is 2.79 bits per heavy atom. The number of rotatable bonds is 9. The van der Waals surface area contributed by atoms with Crippen LogP contribution in [0.15, 0.2) is 24.3 Å². The van der Waals surface area contributed by atoms with Crippen molar-refractivity contribution in [3.63, 3.8) is 0 Å². The molecule has 1 unspecified atom stereocenters. The van der Waals surface area contributed by atoms with Crippen LogP contribution in [0.2, 0.25) is 0 Å². The van der Waals surface area contributed by atoms with Gasteiger partial charge in [-0.2, -0.15) is 0 Å². The predicted octanol–water partition coefficient (Wildman–Crippen LogP) is 2.82. The summed E-state index contributed by atoms with van der Waals surface area (Å²) in [6.07, 6.45) is 0.255. The maximum absolute atomic E-state index is 11.9. The number of aryl methyl sites for hydroxylation is 1. The number of halogens is 2. The molecule has 0 amide bonds. The quantitative estimate of drug-likeness (QED) is 0.413. The van der Waals surface area contributed by atoms with E-state index in [0.29, 0.717) is 6.42 Å². The molecule has 5 heteroatoms. The summed E-state index contributed by atoms with van der Waals surface area (Å²) in [5, 5.41) is 0. The molecular weight excluding hydrogens is 250 g/mol. The molecule has 1 rings (SSSR count). The lowest BCUT2D eigenvalue weighted by Crippen LogP contribution is -2.29. The van der Waals surface area contributed by atoms with Crippen LogP contribution in [0.3, 0.4) is 0 Å². The van der Waals surface area contributed by atoms with Crippen molar-refractivity contribution >= 4 is 0 Å². The fourth-order valence-electron chi connectivity index (χ4n) is 1.97. The van der Waals surface area contributed by atoms with E-state index in [4.69, 9.17) is 10.6 Å². The van der Waals surface area contributed by atoms with Crippen LogP contribution in [0, 0.1) is 0 Å². The van der Waals surface area contributed by atoms with E-state index in [2.05, 4.69) is 24.5 Å². The van der Waals surface area contributed by atoms with Gasteiger partial charge in [0.25, 0.3) is 6.43 Å². The molecular formula is C14H22F2N2O. The summed E-state index contributed by atoms with van der Waals surface area (Å²) in [6.45, 7) is 1.87. The molecule has 0 heterocycles. The molecule has 0 bridgehead atoms. The van der Waals surface area contributed by atoms with Gasteiger partial charge in [0.2, 0.25) is 0 Å². The molecule has 0 radical (unpaired) electrons. The molecule has 3 nitrogen and oxygen atoms in total. The third-order valence-electron chi connectivity index (χ3n) is 2.89. The summed E-state index contributed by atoms with van der Waals surface area (Å²) < 4.78 is 28.8. The van der Waals surface area contributed by atoms with E-state index in [1.54, 1.807) is 0 Å². The monoisotopic (exact) mass is 272 g/mol. The smallest absolute Gasteiger partial charge is 0.261 e. The van der Waals surface area contributed by atoms with Crippen LogP contribution >= 0.6 is 0 Å². The number of alkyl halides is 2. The Morgan fingerprint density at radius 2 is 2.16 bits per heavy atom. The van der Waals surface area contributed by atoms with Crippen molar-refractivity contribution in [3.05, 3.63) is 35.4 Å². The minimum Gasteiger partial charge on any atom is -0.375 e. The standard InChI is InChI=1S/C14H22F2N2O/c1-2-4-11-5-3-6-12(9-11)13(18-17)7-8-19-10-14(15)16/h3,5-6,9,13-14,18H,2,4,7-8,10,17H2,1H3. The average molecular weight is 272 g/mol. The van der Waals surface area contributed by atoms with Gasteiger partial charge >= 0.3 is 0 Å². The van der Waals surface area contributed by atoms with Gasteiger partial charge in [-0.1, -0.05) is 37.6 Å². The highest BCUT2D eigenvalue weighted by molar-refractivity contribution is 5.26. The highest BCUT2D eigenvalue weighted by atomic mass is 19.3. The van der Waals surface area contributed by atoms with Crippen LogP contribution < -0.4 is 11.3 Å². The highest BCUT2D eigenvalue weighted by Gasteiger charge is 2.10. The molecule has 0 saturated heterocycles. The summed E-state index contributed by atoms with van der Waals surface area (Å²) in [5.41, 5.74) is 5.03. The Kier molecular flexibility index (Phi) is 7.55. The summed E-state index contributed by atoms with van der Waals surface area (Å²) in [7, 11) is 0. The summed E-state index contributed by atoms with van der Waals surface area (Å²) in [5.74, 6) is 5.52. The molecule has 3 N–H and O–H groups in total. The topological polar surface area (TPSA) is 47.3 Å². The van der Waals surface area contributed by atoms with E-state index in [9.17, 15) is 8.78 Å². The number of nitrogens with one attached hydrogen (secondary N) is 1. The van der Waals surface area contributed by atoms with Gasteiger partial charge < -0.3 is 4.74 Å². The number of ether oxygens (including phenoxy) is 1. The van der Waals surface area contributed by atoms with Gasteiger partial charge in [-0.3, -0.25) is 11.3 Å². The molecule has 0 saturated carbocycles. The van der Waals surface area contributed by atoms with Crippen molar-refractivity contribution in [1.29, 1.82) is 0 Å². The zero-order chi connectivity index (χ0) is 14.1. The third-order valence-corrected chi connectivity index (χ3v) is 2.89. The Morgan fingerprint density at radius 1 is 1.37 bits per heavy atom. The molecule has 0 aliphatic heterocycles. The first kappa shape index (κ1) is 16.0. The number of hydrazine groups is 1. The molecule has 0 aliphatic carbocycles. The first-order valence-electron chi connectivity index (χ1n) is 6.58. The second-order valence-corrected chi connectivity index (χ2v) is 4.47. The van der Waals surface area contributed by atoms with Crippen molar-refractivity contribution in [2.24, 2.45) is 5.84 Å². The van der Waals surface area contributed by atoms with Gasteiger partial charge in [0.05, 0.1) is 0 Å². The molecule has 19 heavy (non-hydrogen) atoms. The van der Waals surface area contributed by atoms with Crippen LogP contribution in [0.1, 0.15) is 36.9 Å². The second-order valence-electron chi connectivity index (χ2n) is 4.47. The largest absolute Gasteiger partial charge is 0.375 e. The van der Waals surface area contributed by atoms with Crippen LogP contribution in [0.25, 0.3) is 0 Å². The van der Waals surface area contributed by atoms with E-state index in [0.717, 1.165) is 18.4 Å². The van der Waals surface area contributed by atoms with Gasteiger partial charge in [-0.25, -0.2) is 8.78 Å². The first-order chi connectivity index (χ1) is 9.17. The van der Waals surface area contributed by atoms with Crippen LogP contribution in [0.4, 0.5) is 8.78 Å². The van der Waals surface area contributed by atoms with Crippen molar-refractivity contribution in [1.82, 2.24) is 5.43 Å². The van der Waals surface area contributed by atoms with Crippen molar-refractivity contribution in [3.8, 4) is 0 Å². The second kappa shape index (κ2) is 8.96. The SMILES string of the molecule is CCCc1cccc(C(CCOCC(F)F)NN)c1. The van der Waals surface area contributed by atoms with E-state index in [-0.39, 0.29) is 12.6 Å². The van der Waals surface area contributed by atoms with E-state index < -0.39 is 13.0 Å². The molecule has 108 valence electrons. The zero-order valence-corrected chi connectivity index (χ0v) is 11.2. The van der Waals surface area contributed by atoms with Crippen LogP contribution in [0.5, 0.6) is 0 Å². The Labute approximate surface area is 113 Å². The molecule has 0 aliphatic rings. The maximum Gasteiger partial charge on any atom is 0.261 e. The van der Waals surface area contributed by atoms with Crippen LogP contribution in [-0.4, -0.2) is 19.6 Å². The summed E-state index contributed by atoms with van der Waals surface area (Å²) in [4.78, 5) is 0. The lowest BCUT2D eigenvalue weighted by atomic mass is 10.0. The molecule has 0 spiro atoms. The number of hydrogen-bond acceptors (Lipinski definition) is 3. The maximum atomic E-state index is 11.9. The minimum absolute atomic E-state index is 0.0746. The van der Waals surface area contributed by atoms with Gasteiger partial charge in [0.1, 0.15) is 6.61 Å². The first-order valence-corrected chi connectivity index (χ1v) is 6.58. The Hall–Kier alpha value is -1.04. The molecule has 1 atom stereocenters. The highest BCUT2D eigenvalue weighted by Crippen LogP contribution is 2.18. The van der Waals surface area contributed by atoms with Gasteiger partial charge in [0, 0.05) is 12.6 Å². The fourth-order valence-corrected chi connectivity index (χ4v) is 1.97. The van der Waals surface area contributed by atoms with E-state index in [1.165, 1.54) is 5.56 Å². The van der Waals surface area contributed by atoms with Gasteiger partial charge in [-0.05, 0) is 24.0 Å². The van der Waals surface area contributed by atoms with E-state index >= 15 is 0 Å². The zero-order valence-electron chi connectivity index (χ0n) is 11.2. The van der Waals surface area contributed by atoms with Crippen molar-refractivity contribution in [2.45, 2.75) is 38.7 Å². The Balaban J connectivity index is 2.51. The molecule has 1 aromatic carbocycles. The summed E-state index contributed by atoms with van der Waals surface area (Å²) in [6, 6.07) is 8.07. The van der Waals surface area contributed by atoms with Crippen molar-refractivity contribution < 1.29 is 13.5 Å². The number of nitrogens with two attached hydrogens (primary N) is 1. The van der Waals surface area contributed by atoms with Gasteiger partial charge in [0.15, 0.2) is 0 Å². The lowest BCUT2D eigenvalue weighted by Gasteiger charge is -2.17. The molecule has 0 aromatic heterocycles. The number of hydrogen-bond donors (Lipinski definition) is 2. The lowest BCUT2D eigenvalue weighted by molar-refractivity contribution is 0.0143. The van der Waals surface area contributed by atoms with Gasteiger partial charge in [-0.15, -0.1) is 0 Å². The minimum atomic E-state index is -2.42.